The van der Waals surface area contributed by atoms with Crippen molar-refractivity contribution >= 4 is 35.6 Å². The molecule has 226 valence electrons. The lowest BCUT2D eigenvalue weighted by molar-refractivity contribution is -0.141. The van der Waals surface area contributed by atoms with Crippen molar-refractivity contribution in [2.75, 3.05) is 13.1 Å². The normalized spacial score (nSPS) is 14.0. The molecule has 14 nitrogen and oxygen atoms in total. The molecule has 0 spiro atoms. The molecule has 0 bridgehead atoms. The number of nitrogens with zero attached hydrogens (tertiary/aromatic N) is 1. The molecule has 3 amide bonds. The van der Waals surface area contributed by atoms with Crippen LogP contribution in [0.2, 0.25) is 0 Å². The summed E-state index contributed by atoms with van der Waals surface area (Å²) in [7, 11) is 0. The van der Waals surface area contributed by atoms with Gasteiger partial charge in [0.05, 0.1) is 31.0 Å². The number of carboxylic acid groups (broad SMARTS) is 2. The van der Waals surface area contributed by atoms with Gasteiger partial charge in [-0.15, -0.1) is 0 Å². The summed E-state index contributed by atoms with van der Waals surface area (Å²) in [5, 5.41) is 26.2. The van der Waals surface area contributed by atoms with Crippen LogP contribution >= 0.6 is 0 Å². The Morgan fingerprint density at radius 1 is 0.976 bits per heavy atom. The number of nitrogens with one attached hydrogen (secondary N) is 3. The van der Waals surface area contributed by atoms with Gasteiger partial charge in [-0.2, -0.15) is 0 Å². The van der Waals surface area contributed by atoms with Crippen LogP contribution in [0.25, 0.3) is 0 Å². The molecule has 4 atom stereocenters. The Balaban J connectivity index is 2.89. The lowest BCUT2D eigenvalue weighted by atomic mass is 9.94. The third kappa shape index (κ3) is 14.5. The molecular weight excluding hydrogens is 534 g/mol. The number of aliphatic imine (C=N–C) groups is 1. The van der Waals surface area contributed by atoms with Crippen molar-refractivity contribution in [3.8, 4) is 0 Å². The lowest BCUT2D eigenvalue weighted by Crippen LogP contribution is -2.53. The van der Waals surface area contributed by atoms with Gasteiger partial charge in [-0.3, -0.25) is 29.0 Å². The highest BCUT2D eigenvalue weighted by atomic mass is 16.4. The fraction of sp³-hybridized carbons (Fsp3) is 0.481. The van der Waals surface area contributed by atoms with Crippen molar-refractivity contribution in [3.05, 3.63) is 48.0 Å². The van der Waals surface area contributed by atoms with Crippen LogP contribution in [0.1, 0.15) is 38.7 Å². The maximum absolute atomic E-state index is 13.1. The average Bonchev–Trinajstić information content (AvgIpc) is 2.89. The van der Waals surface area contributed by atoms with Crippen molar-refractivity contribution in [2.24, 2.45) is 34.0 Å². The number of carbonyl (C=O) groups excluding carboxylic acids is 3. The second-order valence-electron chi connectivity index (χ2n) is 9.79. The molecule has 1 rings (SSSR count). The molecule has 14 heteroatoms. The number of hydrogen-bond acceptors (Lipinski definition) is 7. The van der Waals surface area contributed by atoms with Crippen LogP contribution in [-0.2, 0) is 30.4 Å². The van der Waals surface area contributed by atoms with Crippen LogP contribution in [0.4, 0.5) is 0 Å². The zero-order chi connectivity index (χ0) is 30.9. The molecule has 0 unspecified atom stereocenters. The minimum atomic E-state index is -1.46. The average molecular weight is 576 g/mol. The third-order valence-corrected chi connectivity index (χ3v) is 5.94. The first kappa shape index (κ1) is 34.6. The first-order chi connectivity index (χ1) is 19.3. The number of carboxylic acids is 2. The monoisotopic (exact) mass is 575 g/mol. The highest BCUT2D eigenvalue weighted by Gasteiger charge is 2.26. The van der Waals surface area contributed by atoms with Crippen molar-refractivity contribution in [1.82, 2.24) is 16.0 Å². The number of amides is 3. The third-order valence-electron chi connectivity index (χ3n) is 5.94. The van der Waals surface area contributed by atoms with Gasteiger partial charge in [-0.1, -0.05) is 56.3 Å². The van der Waals surface area contributed by atoms with E-state index >= 15 is 0 Å². The summed E-state index contributed by atoms with van der Waals surface area (Å²) < 4.78 is 0. The number of benzene rings is 1. The molecule has 41 heavy (non-hydrogen) atoms. The van der Waals surface area contributed by atoms with Crippen molar-refractivity contribution < 1.29 is 34.2 Å². The van der Waals surface area contributed by atoms with Crippen LogP contribution in [0.5, 0.6) is 0 Å². The van der Waals surface area contributed by atoms with Crippen molar-refractivity contribution in [3.63, 3.8) is 0 Å². The molecule has 0 aliphatic heterocycles. The van der Waals surface area contributed by atoms with Crippen LogP contribution in [0, 0.1) is 11.8 Å². The highest BCUT2D eigenvalue weighted by Crippen LogP contribution is 2.14. The molecule has 0 aliphatic rings. The number of carbonyl (C=O) groups is 5. The van der Waals surface area contributed by atoms with Gasteiger partial charge in [0.2, 0.25) is 17.7 Å². The number of nitrogens with two attached hydrogens (primary N) is 3. The van der Waals surface area contributed by atoms with Gasteiger partial charge in [-0.05, 0) is 30.7 Å². The predicted molar refractivity (Wildman–Crippen MR) is 152 cm³/mol. The molecule has 0 aromatic heterocycles. The summed E-state index contributed by atoms with van der Waals surface area (Å²) in [6, 6.07) is 6.01. The summed E-state index contributed by atoms with van der Waals surface area (Å²) >= 11 is 0. The molecule has 0 fully saturated rings. The Bertz CT molecular complexity index is 1090. The first-order valence-corrected chi connectivity index (χ1v) is 13.1. The predicted octanol–water partition coefficient (Wildman–Crippen LogP) is -0.916. The summed E-state index contributed by atoms with van der Waals surface area (Å²) in [4.78, 5) is 64.6. The number of hydrogen-bond donors (Lipinski definition) is 8. The maximum Gasteiger partial charge on any atom is 0.310 e. The summed E-state index contributed by atoms with van der Waals surface area (Å²) in [5.41, 5.74) is 17.1. The summed E-state index contributed by atoms with van der Waals surface area (Å²) in [5.74, 6) is -5.65. The van der Waals surface area contributed by atoms with E-state index in [0.29, 0.717) is 12.8 Å². The van der Waals surface area contributed by atoms with Crippen LogP contribution in [-0.4, -0.2) is 77.0 Å². The SMILES string of the molecule is CC(C)[C@H](/C=C/[C@@H](Cc1ccccc1)NC(=O)[C@H](CC(=O)O)NC(=O)CNC(=O)[C@@H](N)CCCN=C(N)N)C(=O)O. The lowest BCUT2D eigenvalue weighted by Gasteiger charge is -2.22. The number of rotatable bonds is 18. The van der Waals surface area contributed by atoms with Gasteiger partial charge in [0.15, 0.2) is 5.96 Å². The van der Waals surface area contributed by atoms with Gasteiger partial charge in [-0.25, -0.2) is 0 Å². The van der Waals surface area contributed by atoms with Gasteiger partial charge in [0.25, 0.3) is 0 Å². The summed E-state index contributed by atoms with van der Waals surface area (Å²) in [6.07, 6.45) is 3.30. The number of guanidine groups is 1. The van der Waals surface area contributed by atoms with E-state index in [1.807, 2.05) is 30.3 Å². The highest BCUT2D eigenvalue weighted by molar-refractivity contribution is 5.93. The molecular formula is C27H41N7O7. The van der Waals surface area contributed by atoms with Gasteiger partial charge >= 0.3 is 11.9 Å². The molecule has 0 heterocycles. The van der Waals surface area contributed by atoms with E-state index < -0.39 is 66.7 Å². The molecule has 0 saturated carbocycles. The molecule has 11 N–H and O–H groups in total. The largest absolute Gasteiger partial charge is 0.481 e. The van der Waals surface area contributed by atoms with E-state index in [1.54, 1.807) is 19.9 Å². The van der Waals surface area contributed by atoms with E-state index in [0.717, 1.165) is 5.56 Å². The Kier molecular flexibility index (Phi) is 15.2. The standard InChI is InChI=1S/C27H41N7O7/c1-16(2)19(26(40)41)11-10-18(13-17-7-4-3-5-8-17)33-25(39)21(14-23(36)37)34-22(35)15-32-24(38)20(28)9-6-12-31-27(29)30/h3-5,7-8,10-11,16,18-21H,6,9,12-15,28H2,1-2H3,(H,32,38)(H,33,39)(H,34,35)(H,36,37)(H,40,41)(H4,29,30,31)/b11-10+/t18-,19-,20-,21-/m0/s1. The number of aliphatic carboxylic acids is 2. The molecule has 0 aliphatic carbocycles. The Morgan fingerprint density at radius 2 is 1.63 bits per heavy atom. The second kappa shape index (κ2) is 18.0. The fourth-order valence-corrected chi connectivity index (χ4v) is 3.74. The van der Waals surface area contributed by atoms with Gasteiger partial charge in [0.1, 0.15) is 6.04 Å². The second-order valence-corrected chi connectivity index (χ2v) is 9.79. The fourth-order valence-electron chi connectivity index (χ4n) is 3.74. The minimum Gasteiger partial charge on any atom is -0.481 e. The summed E-state index contributed by atoms with van der Waals surface area (Å²) in [6.45, 7) is 3.26. The van der Waals surface area contributed by atoms with Crippen LogP contribution in [0.15, 0.2) is 47.5 Å². The molecule has 0 radical (unpaired) electrons. The van der Waals surface area contributed by atoms with E-state index in [2.05, 4.69) is 20.9 Å². The Labute approximate surface area is 238 Å². The zero-order valence-corrected chi connectivity index (χ0v) is 23.3. The van der Waals surface area contributed by atoms with Gasteiger partial charge in [0, 0.05) is 6.54 Å². The van der Waals surface area contributed by atoms with E-state index in [9.17, 15) is 34.2 Å². The van der Waals surface area contributed by atoms with Crippen molar-refractivity contribution in [2.45, 2.75) is 57.7 Å². The topological polar surface area (TPSA) is 252 Å². The molecule has 1 aromatic carbocycles. The minimum absolute atomic E-state index is 0.0814. The maximum atomic E-state index is 13.1. The van der Waals surface area contributed by atoms with Crippen LogP contribution < -0.4 is 33.2 Å². The Morgan fingerprint density at radius 3 is 2.20 bits per heavy atom. The van der Waals surface area contributed by atoms with Crippen molar-refractivity contribution in [1.29, 1.82) is 0 Å². The smallest absolute Gasteiger partial charge is 0.310 e. The molecule has 1 aromatic rings. The molecule has 0 saturated heterocycles. The first-order valence-electron chi connectivity index (χ1n) is 13.1. The van der Waals surface area contributed by atoms with Gasteiger partial charge < -0.3 is 43.4 Å². The van der Waals surface area contributed by atoms with E-state index in [1.165, 1.54) is 6.08 Å². The van der Waals surface area contributed by atoms with E-state index in [-0.39, 0.29) is 24.8 Å². The quantitative estimate of drug-likeness (QED) is 0.0462. The van der Waals surface area contributed by atoms with Crippen LogP contribution in [0.3, 0.4) is 0 Å². The Hall–Kier alpha value is -4.46. The van der Waals surface area contributed by atoms with E-state index in [4.69, 9.17) is 17.2 Å². The zero-order valence-electron chi connectivity index (χ0n) is 23.3.